The van der Waals surface area contributed by atoms with Gasteiger partial charge in [0.15, 0.2) is 5.78 Å². The van der Waals surface area contributed by atoms with Gasteiger partial charge in [0.1, 0.15) is 17.2 Å². The van der Waals surface area contributed by atoms with Crippen LogP contribution in [0.2, 0.25) is 0 Å². The maximum absolute atomic E-state index is 13.2. The molecule has 0 aliphatic carbocycles. The fourth-order valence-electron chi connectivity index (χ4n) is 3.47. The van der Waals surface area contributed by atoms with Crippen LogP contribution in [0.1, 0.15) is 15.9 Å². The van der Waals surface area contributed by atoms with Crippen LogP contribution in [-0.2, 0) is 0 Å². The lowest BCUT2D eigenvalue weighted by Gasteiger charge is -2.04. The Morgan fingerprint density at radius 1 is 0.968 bits per heavy atom. The van der Waals surface area contributed by atoms with E-state index in [1.165, 1.54) is 30.3 Å². The molecular weight excluding hydrogens is 395 g/mol. The van der Waals surface area contributed by atoms with Gasteiger partial charge in [-0.3, -0.25) is 14.6 Å². The Balaban J connectivity index is 1.76. The first-order valence-corrected chi connectivity index (χ1v) is 9.54. The number of fused-ring (bicyclic) bond motifs is 1. The molecule has 7 heteroatoms. The van der Waals surface area contributed by atoms with Gasteiger partial charge >= 0.3 is 0 Å². The lowest BCUT2D eigenvalue weighted by atomic mass is 10.0. The number of carbonyl (C=O) groups excluding carboxylic acids is 1. The quantitative estimate of drug-likeness (QED) is 0.452. The van der Waals surface area contributed by atoms with Crippen LogP contribution in [-0.4, -0.2) is 25.5 Å². The van der Waals surface area contributed by atoms with Crippen molar-refractivity contribution in [2.75, 3.05) is 0 Å². The zero-order valence-corrected chi connectivity index (χ0v) is 16.1. The topological polar surface area (TPSA) is 80.6 Å². The summed E-state index contributed by atoms with van der Waals surface area (Å²) >= 11 is 0. The fraction of sp³-hybridized carbons (Fsp3) is 0. The number of ketones is 1. The molecule has 0 amide bonds. The van der Waals surface area contributed by atoms with E-state index in [1.807, 2.05) is 36.4 Å². The molecule has 0 atom stereocenters. The van der Waals surface area contributed by atoms with E-state index in [2.05, 4.69) is 9.97 Å². The highest BCUT2D eigenvalue weighted by Crippen LogP contribution is 2.28. The van der Waals surface area contributed by atoms with Crippen molar-refractivity contribution in [3.8, 4) is 16.9 Å². The minimum absolute atomic E-state index is 0.0446. The van der Waals surface area contributed by atoms with Crippen LogP contribution in [0.5, 0.6) is 0 Å². The summed E-state index contributed by atoms with van der Waals surface area (Å²) in [6.07, 6.45) is 3.33. The molecule has 150 valence electrons. The maximum atomic E-state index is 13.2. The molecule has 1 N–H and O–H groups in total. The summed E-state index contributed by atoms with van der Waals surface area (Å²) in [5.41, 5.74) is 2.19. The summed E-state index contributed by atoms with van der Waals surface area (Å²) in [5.74, 6) is -0.948. The van der Waals surface area contributed by atoms with Gasteiger partial charge in [-0.1, -0.05) is 18.2 Å². The highest BCUT2D eigenvalue weighted by Gasteiger charge is 2.20. The van der Waals surface area contributed by atoms with Crippen molar-refractivity contribution >= 4 is 16.8 Å². The molecule has 0 spiro atoms. The largest absolute Gasteiger partial charge is 0.306 e. The second-order valence-corrected chi connectivity index (χ2v) is 6.95. The number of rotatable bonds is 4. The number of aromatic nitrogens is 4. The zero-order chi connectivity index (χ0) is 21.4. The Morgan fingerprint density at radius 2 is 1.74 bits per heavy atom. The first-order valence-electron chi connectivity index (χ1n) is 9.54. The molecule has 0 bridgehead atoms. The molecule has 0 unspecified atom stereocenters. The normalized spacial score (nSPS) is 11.0. The molecule has 0 saturated heterocycles. The second-order valence-electron chi connectivity index (χ2n) is 6.95. The number of para-hydroxylation sites is 1. The van der Waals surface area contributed by atoms with Crippen molar-refractivity contribution in [1.29, 1.82) is 0 Å². The smallest absolute Gasteiger partial charge is 0.260 e. The van der Waals surface area contributed by atoms with Crippen LogP contribution in [0.4, 0.5) is 4.39 Å². The monoisotopic (exact) mass is 410 g/mol. The average Bonchev–Trinajstić information content (AvgIpc) is 3.18. The molecule has 3 heterocycles. The molecule has 5 aromatic rings. The van der Waals surface area contributed by atoms with Crippen LogP contribution in [0.15, 0.2) is 90.0 Å². The van der Waals surface area contributed by atoms with Crippen molar-refractivity contribution in [3.63, 3.8) is 0 Å². The molecular formula is C24H15FN4O2. The van der Waals surface area contributed by atoms with Gasteiger partial charge < -0.3 is 4.98 Å². The van der Waals surface area contributed by atoms with Crippen molar-refractivity contribution in [3.05, 3.63) is 112 Å². The third kappa shape index (κ3) is 3.32. The van der Waals surface area contributed by atoms with Gasteiger partial charge in [-0.25, -0.2) is 9.07 Å². The van der Waals surface area contributed by atoms with Crippen molar-refractivity contribution in [2.24, 2.45) is 0 Å². The number of hydrogen-bond acceptors (Lipinski definition) is 4. The number of hydrogen-bond donors (Lipinski definition) is 1. The van der Waals surface area contributed by atoms with E-state index in [0.29, 0.717) is 16.7 Å². The lowest BCUT2D eigenvalue weighted by molar-refractivity contribution is 0.103. The molecule has 0 radical (unpaired) electrons. The number of H-pyrrole nitrogens is 1. The van der Waals surface area contributed by atoms with Crippen molar-refractivity contribution < 1.29 is 9.18 Å². The Labute approximate surface area is 175 Å². The fourth-order valence-corrected chi connectivity index (χ4v) is 3.47. The number of nitrogens with zero attached hydrogens (tertiary/aromatic N) is 3. The Bertz CT molecular complexity index is 1460. The van der Waals surface area contributed by atoms with Gasteiger partial charge in [0, 0.05) is 28.9 Å². The second kappa shape index (κ2) is 7.46. The van der Waals surface area contributed by atoms with Crippen LogP contribution in [0, 0.1) is 5.82 Å². The van der Waals surface area contributed by atoms with Crippen LogP contribution in [0.3, 0.4) is 0 Å². The van der Waals surface area contributed by atoms with Gasteiger partial charge in [0.2, 0.25) is 0 Å². The van der Waals surface area contributed by atoms with E-state index in [-0.39, 0.29) is 11.1 Å². The predicted octanol–water partition coefficient (Wildman–Crippen LogP) is 4.15. The van der Waals surface area contributed by atoms with E-state index in [0.717, 1.165) is 11.3 Å². The summed E-state index contributed by atoms with van der Waals surface area (Å²) in [6, 6.07) is 19.7. The van der Waals surface area contributed by atoms with E-state index in [1.54, 1.807) is 23.1 Å². The molecule has 3 aromatic heterocycles. The molecule has 0 aliphatic heterocycles. The Kier molecular flexibility index (Phi) is 4.48. The number of aromatic amines is 1. The standard InChI is InChI=1S/C24H15FN4O2/c25-17-10-8-15(9-11-17)22(30)20-13-19-21(16-5-4-12-26-14-16)28-29(23(19)27-24(20)31)18-6-2-1-3-7-18/h1-14H,(H,27,31). The van der Waals surface area contributed by atoms with E-state index in [9.17, 15) is 14.0 Å². The molecule has 0 fully saturated rings. The minimum Gasteiger partial charge on any atom is -0.306 e. The van der Waals surface area contributed by atoms with Crippen LogP contribution in [0.25, 0.3) is 28.0 Å². The highest BCUT2D eigenvalue weighted by atomic mass is 19.1. The number of halogens is 1. The van der Waals surface area contributed by atoms with Crippen LogP contribution >= 0.6 is 0 Å². The maximum Gasteiger partial charge on any atom is 0.260 e. The van der Waals surface area contributed by atoms with Gasteiger partial charge in [-0.05, 0) is 54.6 Å². The van der Waals surface area contributed by atoms with E-state index >= 15 is 0 Å². The van der Waals surface area contributed by atoms with Gasteiger partial charge in [-0.2, -0.15) is 5.10 Å². The van der Waals surface area contributed by atoms with Crippen LogP contribution < -0.4 is 5.56 Å². The van der Waals surface area contributed by atoms with E-state index < -0.39 is 17.2 Å². The Hall–Kier alpha value is -4.39. The van der Waals surface area contributed by atoms with Gasteiger partial charge in [-0.15, -0.1) is 0 Å². The van der Waals surface area contributed by atoms with Crippen molar-refractivity contribution in [2.45, 2.75) is 0 Å². The molecule has 2 aromatic carbocycles. The molecule has 6 nitrogen and oxygen atoms in total. The molecule has 5 rings (SSSR count). The van der Waals surface area contributed by atoms with Gasteiger partial charge in [0.05, 0.1) is 11.3 Å². The Morgan fingerprint density at radius 3 is 2.45 bits per heavy atom. The third-order valence-corrected chi connectivity index (χ3v) is 4.97. The molecule has 31 heavy (non-hydrogen) atoms. The SMILES string of the molecule is O=C(c1ccc(F)cc1)c1cc2c(-c3cccnc3)nn(-c3ccccc3)c2[nH]c1=O. The number of nitrogens with one attached hydrogen (secondary N) is 1. The number of benzene rings is 2. The average molecular weight is 410 g/mol. The van der Waals surface area contributed by atoms with E-state index in [4.69, 9.17) is 5.10 Å². The highest BCUT2D eigenvalue weighted by molar-refractivity contribution is 6.10. The summed E-state index contributed by atoms with van der Waals surface area (Å²) in [5, 5.41) is 5.30. The summed E-state index contributed by atoms with van der Waals surface area (Å²) in [4.78, 5) is 32.8. The first-order chi connectivity index (χ1) is 15.1. The minimum atomic E-state index is -0.545. The zero-order valence-electron chi connectivity index (χ0n) is 16.1. The summed E-state index contributed by atoms with van der Waals surface area (Å²) in [6.45, 7) is 0. The first kappa shape index (κ1) is 18.6. The van der Waals surface area contributed by atoms with Crippen molar-refractivity contribution in [1.82, 2.24) is 19.7 Å². The number of pyridine rings is 2. The summed E-state index contributed by atoms with van der Waals surface area (Å²) < 4.78 is 14.9. The molecule has 0 aliphatic rings. The predicted molar refractivity (Wildman–Crippen MR) is 115 cm³/mol. The van der Waals surface area contributed by atoms with Gasteiger partial charge in [0.25, 0.3) is 5.56 Å². The number of carbonyl (C=O) groups is 1. The third-order valence-electron chi connectivity index (χ3n) is 4.97. The molecule has 0 saturated carbocycles. The summed E-state index contributed by atoms with van der Waals surface area (Å²) in [7, 11) is 0. The lowest BCUT2D eigenvalue weighted by Crippen LogP contribution is -2.19.